The van der Waals surface area contributed by atoms with Crippen molar-refractivity contribution in [1.29, 1.82) is 0 Å². The Kier molecular flexibility index (Phi) is 5.63. The lowest BCUT2D eigenvalue weighted by Crippen LogP contribution is -2.70. The third-order valence-corrected chi connectivity index (χ3v) is 7.60. The van der Waals surface area contributed by atoms with Crippen LogP contribution in [0.4, 0.5) is 0 Å². The highest BCUT2D eigenvalue weighted by Gasteiger charge is 2.69. The Hall–Kier alpha value is -1.54. The number of carbonyl (C=O) groups excluding carboxylic acids is 2. The number of hydrogen-bond acceptors (Lipinski definition) is 7. The van der Waals surface area contributed by atoms with Crippen molar-refractivity contribution in [3.05, 3.63) is 24.3 Å². The molecule has 3 rings (SSSR count). The number of likely N-dealkylation sites (N-methyl/N-ethyl adjacent to an activating group) is 1. The predicted molar refractivity (Wildman–Crippen MR) is 116 cm³/mol. The number of ketones is 1. The van der Waals surface area contributed by atoms with Gasteiger partial charge in [0.15, 0.2) is 0 Å². The van der Waals surface area contributed by atoms with E-state index >= 15 is 0 Å². The molecule has 0 bridgehead atoms. The maximum atomic E-state index is 13.5. The van der Waals surface area contributed by atoms with E-state index in [4.69, 9.17) is 9.47 Å². The van der Waals surface area contributed by atoms with Crippen molar-refractivity contribution >= 4 is 11.8 Å². The summed E-state index contributed by atoms with van der Waals surface area (Å²) in [7, 11) is 3.58. The van der Waals surface area contributed by atoms with Crippen molar-refractivity contribution in [2.75, 3.05) is 20.6 Å². The fourth-order valence-corrected chi connectivity index (χ4v) is 6.29. The molecule has 1 saturated carbocycles. The van der Waals surface area contributed by atoms with Crippen molar-refractivity contribution in [1.82, 2.24) is 4.90 Å². The summed E-state index contributed by atoms with van der Waals surface area (Å²) in [4.78, 5) is 27.8. The van der Waals surface area contributed by atoms with Crippen LogP contribution in [-0.4, -0.2) is 70.6 Å². The largest absolute Gasteiger partial charge is 0.454 e. The number of hydrogen-bond donors (Lipinski definition) is 2. The summed E-state index contributed by atoms with van der Waals surface area (Å²) >= 11 is 0. The molecule has 7 heteroatoms. The molecule has 0 radical (unpaired) electrons. The van der Waals surface area contributed by atoms with E-state index in [1.54, 1.807) is 32.0 Å². The lowest BCUT2D eigenvalue weighted by molar-refractivity contribution is -0.259. The molecule has 31 heavy (non-hydrogen) atoms. The molecule has 3 aliphatic rings. The van der Waals surface area contributed by atoms with Crippen LogP contribution in [0.5, 0.6) is 0 Å². The summed E-state index contributed by atoms with van der Waals surface area (Å²) in [5.41, 5.74) is -2.76. The van der Waals surface area contributed by atoms with Gasteiger partial charge in [0.1, 0.15) is 11.7 Å². The van der Waals surface area contributed by atoms with Gasteiger partial charge in [0.25, 0.3) is 0 Å². The van der Waals surface area contributed by atoms with Gasteiger partial charge in [-0.3, -0.25) is 14.5 Å². The first kappa shape index (κ1) is 24.1. The van der Waals surface area contributed by atoms with Gasteiger partial charge in [-0.05, 0) is 59.2 Å². The van der Waals surface area contributed by atoms with E-state index in [-0.39, 0.29) is 18.9 Å². The lowest BCUT2D eigenvalue weighted by atomic mass is 9.46. The predicted octanol–water partition coefficient (Wildman–Crippen LogP) is 2.22. The van der Waals surface area contributed by atoms with Gasteiger partial charge in [-0.15, -0.1) is 6.58 Å². The molecule has 0 aromatic rings. The van der Waals surface area contributed by atoms with Crippen molar-refractivity contribution in [3.63, 3.8) is 0 Å². The van der Waals surface area contributed by atoms with Gasteiger partial charge in [0.2, 0.25) is 11.6 Å². The van der Waals surface area contributed by atoms with Crippen LogP contribution in [0.1, 0.15) is 53.9 Å². The minimum atomic E-state index is -2.43. The Bertz CT molecular complexity index is 830. The molecule has 7 nitrogen and oxygen atoms in total. The normalized spacial score (nSPS) is 41.1. The molecular weight excluding hydrogens is 398 g/mol. The molecule has 2 fully saturated rings. The van der Waals surface area contributed by atoms with Crippen LogP contribution in [0.2, 0.25) is 0 Å². The van der Waals surface area contributed by atoms with E-state index in [2.05, 4.69) is 6.58 Å². The molecule has 0 amide bonds. The van der Waals surface area contributed by atoms with E-state index in [1.165, 1.54) is 0 Å². The maximum absolute atomic E-state index is 13.5. The second-order valence-electron chi connectivity index (χ2n) is 11.0. The highest BCUT2D eigenvalue weighted by atomic mass is 16.6. The molecule has 0 unspecified atom stereocenters. The SMILES string of the molecule is C=C[C@@]1(C)CC[C@@H]2[C@@]3(C)C(=O)C(O)(O)CC(C)(C)C3=C[C@H](OC(=O)CN(C)C)[C@@]2(C)O1. The van der Waals surface area contributed by atoms with Crippen molar-refractivity contribution in [2.24, 2.45) is 16.7 Å². The number of fused-ring (bicyclic) bond motifs is 3. The maximum Gasteiger partial charge on any atom is 0.320 e. The molecular formula is C24H37NO6. The topological polar surface area (TPSA) is 96.3 Å². The molecule has 2 aliphatic carbocycles. The average molecular weight is 436 g/mol. The standard InChI is InChI=1S/C24H37NO6/c1-9-21(4)11-10-15-22(5)16(20(2,3)14-24(28,29)19(22)27)12-17(23(15,6)31-21)30-18(26)13-25(7)8/h9,12,15,17,28-29H,1,10-11,13-14H2,2-8H3/t15-,17+,21+,22-,23+/m1/s1. The number of nitrogens with zero attached hydrogens (tertiary/aromatic N) is 1. The summed E-state index contributed by atoms with van der Waals surface area (Å²) in [6.45, 7) is 13.4. The zero-order valence-corrected chi connectivity index (χ0v) is 19.8. The Balaban J connectivity index is 2.19. The number of allylic oxidation sites excluding steroid dienone is 1. The van der Waals surface area contributed by atoms with Crippen molar-refractivity contribution in [3.8, 4) is 0 Å². The highest BCUT2D eigenvalue weighted by molar-refractivity contribution is 5.96. The van der Waals surface area contributed by atoms with Gasteiger partial charge >= 0.3 is 5.97 Å². The molecule has 174 valence electrons. The van der Waals surface area contributed by atoms with Crippen molar-refractivity contribution < 1.29 is 29.3 Å². The van der Waals surface area contributed by atoms with E-state index in [1.807, 2.05) is 33.8 Å². The number of carbonyl (C=O) groups is 2. The summed E-state index contributed by atoms with van der Waals surface area (Å²) in [6, 6.07) is 0. The lowest BCUT2D eigenvalue weighted by Gasteiger charge is -2.63. The quantitative estimate of drug-likeness (QED) is 0.397. The van der Waals surface area contributed by atoms with Crippen molar-refractivity contribution in [2.45, 2.75) is 77.0 Å². The number of aliphatic hydroxyl groups is 2. The van der Waals surface area contributed by atoms with Crippen LogP contribution in [-0.2, 0) is 19.1 Å². The number of Topliss-reactive ketones (excluding diaryl/α,β-unsaturated/α-hetero) is 1. The van der Waals surface area contributed by atoms with Crippen LogP contribution in [0.25, 0.3) is 0 Å². The second kappa shape index (κ2) is 7.24. The fraction of sp³-hybridized carbons (Fsp3) is 0.750. The molecule has 5 atom stereocenters. The Morgan fingerprint density at radius 1 is 1.29 bits per heavy atom. The molecule has 1 heterocycles. The molecule has 1 saturated heterocycles. The first-order valence-corrected chi connectivity index (χ1v) is 10.9. The van der Waals surface area contributed by atoms with Gasteiger partial charge in [0, 0.05) is 12.3 Å². The van der Waals surface area contributed by atoms with Crippen LogP contribution in [0, 0.1) is 16.7 Å². The van der Waals surface area contributed by atoms with Crippen LogP contribution >= 0.6 is 0 Å². The average Bonchev–Trinajstić information content (AvgIpc) is 2.60. The monoisotopic (exact) mass is 435 g/mol. The molecule has 2 N–H and O–H groups in total. The Labute approximate surface area is 185 Å². The third kappa shape index (κ3) is 3.69. The summed E-state index contributed by atoms with van der Waals surface area (Å²) in [6.07, 6.45) is 3.94. The summed E-state index contributed by atoms with van der Waals surface area (Å²) < 4.78 is 12.5. The minimum Gasteiger partial charge on any atom is -0.454 e. The van der Waals surface area contributed by atoms with E-state index in [9.17, 15) is 19.8 Å². The zero-order valence-electron chi connectivity index (χ0n) is 19.8. The highest BCUT2D eigenvalue weighted by Crippen LogP contribution is 2.63. The zero-order chi connectivity index (χ0) is 23.6. The second-order valence-corrected chi connectivity index (χ2v) is 11.0. The summed E-state index contributed by atoms with van der Waals surface area (Å²) in [5.74, 6) is -3.84. The van der Waals surface area contributed by atoms with Gasteiger partial charge in [0.05, 0.1) is 17.6 Å². The smallest absolute Gasteiger partial charge is 0.320 e. The third-order valence-electron chi connectivity index (χ3n) is 7.60. The van der Waals surface area contributed by atoms with Gasteiger partial charge in [-0.25, -0.2) is 0 Å². The van der Waals surface area contributed by atoms with E-state index in [0.29, 0.717) is 12.8 Å². The van der Waals surface area contributed by atoms with Crippen LogP contribution in [0.15, 0.2) is 24.3 Å². The first-order valence-electron chi connectivity index (χ1n) is 10.9. The Morgan fingerprint density at radius 3 is 2.45 bits per heavy atom. The number of esters is 1. The minimum absolute atomic E-state index is 0.118. The Morgan fingerprint density at radius 2 is 1.90 bits per heavy atom. The van der Waals surface area contributed by atoms with E-state index in [0.717, 1.165) is 5.57 Å². The van der Waals surface area contributed by atoms with E-state index < -0.39 is 45.6 Å². The summed E-state index contributed by atoms with van der Waals surface area (Å²) in [5, 5.41) is 21.3. The first-order chi connectivity index (χ1) is 14.0. The molecule has 0 spiro atoms. The van der Waals surface area contributed by atoms with Gasteiger partial charge in [-0.2, -0.15) is 0 Å². The molecule has 0 aromatic heterocycles. The van der Waals surface area contributed by atoms with Crippen LogP contribution in [0.3, 0.4) is 0 Å². The molecule has 1 aliphatic heterocycles. The van der Waals surface area contributed by atoms with Crippen LogP contribution < -0.4 is 0 Å². The number of ether oxygens (including phenoxy) is 2. The number of rotatable bonds is 4. The van der Waals surface area contributed by atoms with Gasteiger partial charge < -0.3 is 19.7 Å². The van der Waals surface area contributed by atoms with Gasteiger partial charge in [-0.1, -0.05) is 25.5 Å². The fourth-order valence-electron chi connectivity index (χ4n) is 6.29. The molecule has 0 aromatic carbocycles.